The SMILES string of the molecule is CC1(C)CC(=O)C2C(C1)NNC2c1ccc(Cl)cc1Cl. The summed E-state index contributed by atoms with van der Waals surface area (Å²) in [6.07, 6.45) is 1.61. The van der Waals surface area contributed by atoms with Gasteiger partial charge in [0.05, 0.1) is 12.0 Å². The van der Waals surface area contributed by atoms with E-state index in [1.165, 1.54) is 0 Å². The third-order valence-electron chi connectivity index (χ3n) is 4.31. The van der Waals surface area contributed by atoms with Gasteiger partial charge in [0.15, 0.2) is 0 Å². The Hall–Kier alpha value is -0.610. The minimum Gasteiger partial charge on any atom is -0.299 e. The van der Waals surface area contributed by atoms with Crippen LogP contribution in [-0.2, 0) is 4.79 Å². The molecule has 1 aromatic carbocycles. The van der Waals surface area contributed by atoms with Gasteiger partial charge in [0.25, 0.3) is 0 Å². The molecule has 0 bridgehead atoms. The number of halogens is 2. The van der Waals surface area contributed by atoms with Crippen molar-refractivity contribution in [1.29, 1.82) is 0 Å². The fraction of sp³-hybridized carbons (Fsp3) is 0.533. The maximum atomic E-state index is 12.5. The van der Waals surface area contributed by atoms with Crippen molar-refractivity contribution < 1.29 is 4.79 Å². The number of hydrogen-bond acceptors (Lipinski definition) is 3. The molecule has 20 heavy (non-hydrogen) atoms. The zero-order chi connectivity index (χ0) is 14.5. The van der Waals surface area contributed by atoms with E-state index in [0.717, 1.165) is 12.0 Å². The molecule has 1 aliphatic carbocycles. The molecule has 2 aliphatic rings. The number of nitrogens with one attached hydrogen (secondary N) is 2. The van der Waals surface area contributed by atoms with Crippen LogP contribution in [0.3, 0.4) is 0 Å². The second-order valence-electron chi connectivity index (χ2n) is 6.58. The highest BCUT2D eigenvalue weighted by atomic mass is 35.5. The molecule has 2 N–H and O–H groups in total. The van der Waals surface area contributed by atoms with Gasteiger partial charge >= 0.3 is 0 Å². The zero-order valence-electron chi connectivity index (χ0n) is 11.5. The van der Waals surface area contributed by atoms with E-state index < -0.39 is 0 Å². The van der Waals surface area contributed by atoms with Crippen LogP contribution in [-0.4, -0.2) is 11.8 Å². The topological polar surface area (TPSA) is 41.1 Å². The second kappa shape index (κ2) is 4.99. The standard InChI is InChI=1S/C15H18Cl2N2O/c1-15(2)6-11-13(12(20)7-15)14(19-18-11)9-4-3-8(16)5-10(9)17/h3-5,11,13-14,18-19H,6-7H2,1-2H3. The number of hydrogen-bond donors (Lipinski definition) is 2. The van der Waals surface area contributed by atoms with Crippen molar-refractivity contribution in [2.75, 3.05) is 0 Å². The summed E-state index contributed by atoms with van der Waals surface area (Å²) in [5.74, 6) is 0.251. The normalized spacial score (nSPS) is 32.2. The number of rotatable bonds is 1. The number of Topliss-reactive ketones (excluding diaryl/α,β-unsaturated/α-hetero) is 1. The molecule has 1 saturated carbocycles. The monoisotopic (exact) mass is 312 g/mol. The fourth-order valence-corrected chi connectivity index (χ4v) is 4.00. The Morgan fingerprint density at radius 1 is 1.25 bits per heavy atom. The highest BCUT2D eigenvalue weighted by molar-refractivity contribution is 6.35. The lowest BCUT2D eigenvalue weighted by Gasteiger charge is -2.36. The van der Waals surface area contributed by atoms with Crippen LogP contribution in [0, 0.1) is 11.3 Å². The molecule has 3 nitrogen and oxygen atoms in total. The Morgan fingerprint density at radius 2 is 2.00 bits per heavy atom. The largest absolute Gasteiger partial charge is 0.299 e. The fourth-order valence-electron chi connectivity index (χ4n) is 3.48. The lowest BCUT2D eigenvalue weighted by Crippen LogP contribution is -2.43. The highest BCUT2D eigenvalue weighted by Crippen LogP contribution is 2.44. The van der Waals surface area contributed by atoms with Gasteiger partial charge in [-0.25, -0.2) is 5.43 Å². The van der Waals surface area contributed by atoms with E-state index in [4.69, 9.17) is 23.2 Å². The minimum absolute atomic E-state index is 0.0540. The molecule has 1 aliphatic heterocycles. The van der Waals surface area contributed by atoms with Crippen LogP contribution in [0.5, 0.6) is 0 Å². The number of carbonyl (C=O) groups excluding carboxylic acids is 1. The average molecular weight is 313 g/mol. The van der Waals surface area contributed by atoms with Crippen molar-refractivity contribution in [1.82, 2.24) is 10.9 Å². The molecular formula is C15H18Cl2N2O. The summed E-state index contributed by atoms with van der Waals surface area (Å²) in [6, 6.07) is 5.54. The smallest absolute Gasteiger partial charge is 0.140 e. The van der Waals surface area contributed by atoms with Crippen LogP contribution in [0.4, 0.5) is 0 Å². The molecule has 0 aromatic heterocycles. The van der Waals surface area contributed by atoms with Crippen LogP contribution in [0.2, 0.25) is 10.0 Å². The summed E-state index contributed by atoms with van der Waals surface area (Å²) < 4.78 is 0. The summed E-state index contributed by atoms with van der Waals surface area (Å²) in [5, 5.41) is 1.22. The minimum atomic E-state index is -0.0756. The Labute approximate surface area is 129 Å². The molecule has 1 aromatic rings. The summed E-state index contributed by atoms with van der Waals surface area (Å²) in [7, 11) is 0. The molecule has 1 heterocycles. The third-order valence-corrected chi connectivity index (χ3v) is 4.87. The average Bonchev–Trinajstić information content (AvgIpc) is 2.71. The first-order valence-electron chi connectivity index (χ1n) is 6.86. The molecule has 1 saturated heterocycles. The Kier molecular flexibility index (Phi) is 3.57. The maximum Gasteiger partial charge on any atom is 0.140 e. The summed E-state index contributed by atoms with van der Waals surface area (Å²) in [5.41, 5.74) is 7.51. The van der Waals surface area contributed by atoms with Crippen LogP contribution in [0.25, 0.3) is 0 Å². The van der Waals surface area contributed by atoms with Crippen LogP contribution in [0.15, 0.2) is 18.2 Å². The predicted molar refractivity (Wildman–Crippen MR) is 80.8 cm³/mol. The van der Waals surface area contributed by atoms with E-state index in [1.54, 1.807) is 6.07 Å². The van der Waals surface area contributed by atoms with Crippen LogP contribution in [0.1, 0.15) is 38.3 Å². The van der Waals surface area contributed by atoms with E-state index in [-0.39, 0.29) is 23.4 Å². The number of hydrazine groups is 1. The van der Waals surface area contributed by atoms with E-state index in [1.807, 2.05) is 12.1 Å². The number of benzene rings is 1. The molecule has 0 amide bonds. The molecule has 3 rings (SSSR count). The first kappa shape index (κ1) is 14.3. The van der Waals surface area contributed by atoms with Gasteiger partial charge in [0.2, 0.25) is 0 Å². The molecule has 0 spiro atoms. The predicted octanol–water partition coefficient (Wildman–Crippen LogP) is 3.52. The van der Waals surface area contributed by atoms with Crippen molar-refractivity contribution >= 4 is 29.0 Å². The third kappa shape index (κ3) is 2.48. The van der Waals surface area contributed by atoms with E-state index in [9.17, 15) is 4.79 Å². The van der Waals surface area contributed by atoms with Gasteiger partial charge in [-0.1, -0.05) is 43.1 Å². The van der Waals surface area contributed by atoms with Crippen molar-refractivity contribution in [3.63, 3.8) is 0 Å². The molecular weight excluding hydrogens is 295 g/mol. The van der Waals surface area contributed by atoms with Gasteiger partial charge in [-0.2, -0.15) is 0 Å². The number of ketones is 1. The molecule has 3 atom stereocenters. The first-order valence-corrected chi connectivity index (χ1v) is 7.62. The number of carbonyl (C=O) groups is 1. The van der Waals surface area contributed by atoms with Crippen molar-refractivity contribution in [3.8, 4) is 0 Å². The van der Waals surface area contributed by atoms with Gasteiger partial charge in [0, 0.05) is 22.5 Å². The summed E-state index contributed by atoms with van der Waals surface area (Å²) in [6.45, 7) is 4.29. The quantitative estimate of drug-likeness (QED) is 0.833. The molecule has 0 radical (unpaired) electrons. The van der Waals surface area contributed by atoms with Gasteiger partial charge < -0.3 is 0 Å². The summed E-state index contributed by atoms with van der Waals surface area (Å²) >= 11 is 12.2. The first-order chi connectivity index (χ1) is 9.37. The van der Waals surface area contributed by atoms with Gasteiger partial charge in [0.1, 0.15) is 5.78 Å². The van der Waals surface area contributed by atoms with E-state index >= 15 is 0 Å². The molecule has 5 heteroatoms. The molecule has 2 fully saturated rings. The van der Waals surface area contributed by atoms with E-state index in [2.05, 4.69) is 24.7 Å². The van der Waals surface area contributed by atoms with Gasteiger partial charge in [-0.05, 0) is 29.5 Å². The number of fused-ring (bicyclic) bond motifs is 1. The molecule has 3 unspecified atom stereocenters. The van der Waals surface area contributed by atoms with Crippen LogP contribution < -0.4 is 10.9 Å². The Morgan fingerprint density at radius 3 is 2.70 bits per heavy atom. The van der Waals surface area contributed by atoms with Gasteiger partial charge in [-0.15, -0.1) is 0 Å². The lowest BCUT2D eigenvalue weighted by atomic mass is 9.68. The van der Waals surface area contributed by atoms with Gasteiger partial charge in [-0.3, -0.25) is 10.2 Å². The molecule has 108 valence electrons. The highest BCUT2D eigenvalue weighted by Gasteiger charge is 2.48. The Bertz CT molecular complexity index is 559. The lowest BCUT2D eigenvalue weighted by molar-refractivity contribution is -0.128. The van der Waals surface area contributed by atoms with E-state index in [0.29, 0.717) is 22.2 Å². The second-order valence-corrected chi connectivity index (χ2v) is 7.42. The van der Waals surface area contributed by atoms with Crippen molar-refractivity contribution in [3.05, 3.63) is 33.8 Å². The summed E-state index contributed by atoms with van der Waals surface area (Å²) in [4.78, 5) is 12.5. The zero-order valence-corrected chi connectivity index (χ0v) is 13.1. The maximum absolute atomic E-state index is 12.5. The Balaban J connectivity index is 1.92. The van der Waals surface area contributed by atoms with Crippen molar-refractivity contribution in [2.45, 2.75) is 38.8 Å². The van der Waals surface area contributed by atoms with Crippen LogP contribution >= 0.6 is 23.2 Å². The van der Waals surface area contributed by atoms with Crippen molar-refractivity contribution in [2.24, 2.45) is 11.3 Å².